The topological polar surface area (TPSA) is 56.8 Å². The average Bonchev–Trinajstić information content (AvgIpc) is 3.24. The number of rotatable bonds is 10. The Hall–Kier alpha value is -2.95. The van der Waals surface area contributed by atoms with Gasteiger partial charge >= 0.3 is 6.09 Å². The summed E-state index contributed by atoms with van der Waals surface area (Å²) < 4.78 is 16.9. The van der Waals surface area contributed by atoms with Gasteiger partial charge < -0.3 is 19.5 Å². The van der Waals surface area contributed by atoms with Crippen LogP contribution in [-0.2, 0) is 11.3 Å². The predicted octanol–water partition coefficient (Wildman–Crippen LogP) is 6.53. The van der Waals surface area contributed by atoms with E-state index in [1.165, 1.54) is 5.57 Å². The number of benzene rings is 2. The first-order chi connectivity index (χ1) is 15.9. The molecule has 1 aliphatic carbocycles. The first kappa shape index (κ1) is 24.7. The molecular weight excluding hydrogens is 414 g/mol. The third kappa shape index (κ3) is 7.01. The maximum Gasteiger partial charge on any atom is 0.407 e. The van der Waals surface area contributed by atoms with Gasteiger partial charge in [0.15, 0.2) is 0 Å². The first-order valence-corrected chi connectivity index (χ1v) is 11.8. The molecule has 0 saturated heterocycles. The number of hydrogen-bond donors (Lipinski definition) is 1. The van der Waals surface area contributed by atoms with E-state index in [0.29, 0.717) is 12.5 Å². The van der Waals surface area contributed by atoms with Crippen molar-refractivity contribution in [2.75, 3.05) is 13.7 Å². The van der Waals surface area contributed by atoms with E-state index in [-0.39, 0.29) is 24.2 Å². The number of ether oxygens (including phenoxy) is 3. The van der Waals surface area contributed by atoms with Crippen molar-refractivity contribution in [1.29, 1.82) is 0 Å². The molecule has 0 aromatic heterocycles. The number of amides is 1. The Bertz CT molecular complexity index is 905. The Labute approximate surface area is 198 Å². The minimum Gasteiger partial charge on any atom is -0.497 e. The maximum absolute atomic E-state index is 12.8. The molecule has 3 atom stereocenters. The van der Waals surface area contributed by atoms with Crippen molar-refractivity contribution in [3.63, 3.8) is 0 Å². The number of nitrogens with one attached hydrogen (secondary N) is 1. The van der Waals surface area contributed by atoms with E-state index in [9.17, 15) is 4.79 Å². The molecule has 1 fully saturated rings. The molecule has 0 unspecified atom stereocenters. The first-order valence-electron chi connectivity index (χ1n) is 11.8. The van der Waals surface area contributed by atoms with Gasteiger partial charge in [-0.3, -0.25) is 0 Å². The molecule has 1 N–H and O–H groups in total. The molecule has 0 bridgehead atoms. The third-order valence-corrected chi connectivity index (χ3v) is 6.55. The van der Waals surface area contributed by atoms with Gasteiger partial charge in [-0.25, -0.2) is 4.79 Å². The van der Waals surface area contributed by atoms with Crippen LogP contribution in [0.3, 0.4) is 0 Å². The highest BCUT2D eigenvalue weighted by atomic mass is 16.5. The van der Waals surface area contributed by atoms with Crippen molar-refractivity contribution in [2.45, 2.75) is 58.6 Å². The quantitative estimate of drug-likeness (QED) is 0.417. The van der Waals surface area contributed by atoms with Crippen LogP contribution in [0.25, 0.3) is 0 Å². The summed E-state index contributed by atoms with van der Waals surface area (Å²) in [6.45, 7) is 7.28. The number of allylic oxidation sites excluding steroid dienone is 1. The van der Waals surface area contributed by atoms with E-state index in [4.69, 9.17) is 14.2 Å². The van der Waals surface area contributed by atoms with Crippen LogP contribution >= 0.6 is 0 Å². The molecule has 1 amide bonds. The standard InChI is InChI=1S/C28H37NO4/c1-21(2)16-18-28(29-27(30)33-20-23-9-6-5-7-10-23)17-8-11-26(28)22(3)19-32-25-14-12-24(31-4)13-15-25/h5-7,9-10,12-16,22,26H,8,11,17-20H2,1-4H3,(H,29,30)/t22-,26-,28+/m1/s1. The zero-order valence-corrected chi connectivity index (χ0v) is 20.3. The minimum absolute atomic E-state index is 0.270. The maximum atomic E-state index is 12.8. The van der Waals surface area contributed by atoms with E-state index < -0.39 is 0 Å². The van der Waals surface area contributed by atoms with Crippen molar-refractivity contribution < 1.29 is 19.0 Å². The van der Waals surface area contributed by atoms with Crippen LogP contribution in [0.1, 0.15) is 52.0 Å². The zero-order valence-electron chi connectivity index (χ0n) is 20.3. The summed E-state index contributed by atoms with van der Waals surface area (Å²) in [7, 11) is 1.65. The molecule has 3 rings (SSSR count). The van der Waals surface area contributed by atoms with Crippen molar-refractivity contribution in [3.05, 3.63) is 71.8 Å². The summed E-state index contributed by atoms with van der Waals surface area (Å²) in [6.07, 6.45) is 5.75. The van der Waals surface area contributed by atoms with Crippen LogP contribution in [-0.4, -0.2) is 25.3 Å². The van der Waals surface area contributed by atoms with Crippen molar-refractivity contribution in [2.24, 2.45) is 11.8 Å². The molecule has 178 valence electrons. The molecule has 1 saturated carbocycles. The van der Waals surface area contributed by atoms with Gasteiger partial charge in [0.05, 0.1) is 19.3 Å². The van der Waals surface area contributed by atoms with E-state index in [0.717, 1.165) is 42.7 Å². The Morgan fingerprint density at radius 2 is 1.82 bits per heavy atom. The summed E-state index contributed by atoms with van der Waals surface area (Å²) in [6, 6.07) is 17.4. The van der Waals surface area contributed by atoms with Crippen LogP contribution < -0.4 is 14.8 Å². The van der Waals surface area contributed by atoms with Crippen molar-refractivity contribution in [3.8, 4) is 11.5 Å². The van der Waals surface area contributed by atoms with Gasteiger partial charge in [-0.2, -0.15) is 0 Å². The highest BCUT2D eigenvalue weighted by Crippen LogP contribution is 2.43. The molecule has 2 aromatic carbocycles. The molecule has 0 radical (unpaired) electrons. The Morgan fingerprint density at radius 3 is 2.48 bits per heavy atom. The summed E-state index contributed by atoms with van der Waals surface area (Å²) in [4.78, 5) is 12.8. The van der Waals surface area contributed by atoms with Gasteiger partial charge in [0.2, 0.25) is 0 Å². The number of carbonyl (C=O) groups excluding carboxylic acids is 1. The molecule has 1 aliphatic rings. The molecular formula is C28H37NO4. The lowest BCUT2D eigenvalue weighted by Gasteiger charge is -2.39. The molecule has 5 nitrogen and oxygen atoms in total. The van der Waals surface area contributed by atoms with E-state index in [1.807, 2.05) is 54.6 Å². The lowest BCUT2D eigenvalue weighted by molar-refractivity contribution is 0.0997. The Balaban J connectivity index is 1.66. The average molecular weight is 452 g/mol. The predicted molar refractivity (Wildman–Crippen MR) is 132 cm³/mol. The summed E-state index contributed by atoms with van der Waals surface area (Å²) in [5, 5.41) is 3.28. The molecule has 0 heterocycles. The largest absolute Gasteiger partial charge is 0.497 e. The number of alkyl carbamates (subject to hydrolysis) is 1. The van der Waals surface area contributed by atoms with Crippen LogP contribution in [0.5, 0.6) is 11.5 Å². The van der Waals surface area contributed by atoms with Crippen molar-refractivity contribution >= 4 is 6.09 Å². The van der Waals surface area contributed by atoms with Crippen LogP contribution in [0.4, 0.5) is 4.79 Å². The summed E-state index contributed by atoms with van der Waals surface area (Å²) in [5.74, 6) is 2.21. The normalized spacial score (nSPS) is 20.5. The molecule has 2 aromatic rings. The van der Waals surface area contributed by atoms with Gasteiger partial charge in [0.25, 0.3) is 0 Å². The molecule has 0 spiro atoms. The van der Waals surface area contributed by atoms with E-state index >= 15 is 0 Å². The Morgan fingerprint density at radius 1 is 1.12 bits per heavy atom. The van der Waals surface area contributed by atoms with Crippen LogP contribution in [0.2, 0.25) is 0 Å². The monoisotopic (exact) mass is 451 g/mol. The van der Waals surface area contributed by atoms with Crippen LogP contribution in [0.15, 0.2) is 66.2 Å². The number of methoxy groups -OCH3 is 1. The second kappa shape index (κ2) is 11.8. The van der Waals surface area contributed by atoms with E-state index in [1.54, 1.807) is 7.11 Å². The second-order valence-corrected chi connectivity index (χ2v) is 9.29. The number of carbonyl (C=O) groups is 1. The second-order valence-electron chi connectivity index (χ2n) is 9.29. The lowest BCUT2D eigenvalue weighted by atomic mass is 9.76. The van der Waals surface area contributed by atoms with Gasteiger partial charge in [-0.15, -0.1) is 0 Å². The highest BCUT2D eigenvalue weighted by molar-refractivity contribution is 5.68. The fourth-order valence-electron chi connectivity index (χ4n) is 4.75. The van der Waals surface area contributed by atoms with E-state index in [2.05, 4.69) is 32.2 Å². The van der Waals surface area contributed by atoms with Gasteiger partial charge in [-0.05, 0) is 74.8 Å². The fourth-order valence-corrected chi connectivity index (χ4v) is 4.75. The SMILES string of the molecule is COc1ccc(OC[C@@H](C)[C@H]2CCC[C@@]2(CC=C(C)C)NC(=O)OCc2ccccc2)cc1. The van der Waals surface area contributed by atoms with Crippen molar-refractivity contribution in [1.82, 2.24) is 5.32 Å². The fraction of sp³-hybridized carbons (Fsp3) is 0.464. The lowest BCUT2D eigenvalue weighted by Crippen LogP contribution is -2.53. The van der Waals surface area contributed by atoms with Crippen LogP contribution in [0, 0.1) is 11.8 Å². The Kier molecular flexibility index (Phi) is 8.81. The highest BCUT2D eigenvalue weighted by Gasteiger charge is 2.46. The minimum atomic E-state index is -0.351. The molecule has 5 heteroatoms. The van der Waals surface area contributed by atoms with Gasteiger partial charge in [0, 0.05) is 0 Å². The molecule has 33 heavy (non-hydrogen) atoms. The molecule has 0 aliphatic heterocycles. The smallest absolute Gasteiger partial charge is 0.407 e. The van der Waals surface area contributed by atoms with Gasteiger partial charge in [0.1, 0.15) is 18.1 Å². The van der Waals surface area contributed by atoms with Gasteiger partial charge in [-0.1, -0.05) is 55.3 Å². The third-order valence-electron chi connectivity index (χ3n) is 6.55. The number of hydrogen-bond acceptors (Lipinski definition) is 4. The zero-order chi connectivity index (χ0) is 23.7. The summed E-state index contributed by atoms with van der Waals surface area (Å²) in [5.41, 5.74) is 1.91. The summed E-state index contributed by atoms with van der Waals surface area (Å²) >= 11 is 0.